The maximum atomic E-state index is 12.7. The Morgan fingerprint density at radius 3 is 2.24 bits per heavy atom. The molecule has 2 aromatic carbocycles. The summed E-state index contributed by atoms with van der Waals surface area (Å²) >= 11 is 0. The van der Waals surface area contributed by atoms with Gasteiger partial charge in [0.2, 0.25) is 5.91 Å². The Labute approximate surface area is 173 Å². The molecule has 0 aliphatic carbocycles. The van der Waals surface area contributed by atoms with Crippen LogP contribution in [0.4, 0.5) is 11.4 Å². The summed E-state index contributed by atoms with van der Waals surface area (Å²) in [4.78, 5) is 25.0. The van der Waals surface area contributed by atoms with Crippen LogP contribution in [0.2, 0.25) is 0 Å². The number of hydrogen-bond acceptors (Lipinski definition) is 3. The summed E-state index contributed by atoms with van der Waals surface area (Å²) in [6, 6.07) is 15.0. The van der Waals surface area contributed by atoms with E-state index in [1.807, 2.05) is 42.5 Å². The van der Waals surface area contributed by atoms with Gasteiger partial charge in [0, 0.05) is 12.0 Å². The van der Waals surface area contributed by atoms with Crippen LogP contribution in [0.5, 0.6) is 0 Å². The van der Waals surface area contributed by atoms with E-state index in [-0.39, 0.29) is 17.2 Å². The highest BCUT2D eigenvalue weighted by Crippen LogP contribution is 2.25. The largest absolute Gasteiger partial charge is 0.324 e. The summed E-state index contributed by atoms with van der Waals surface area (Å²) in [6.07, 6.45) is 2.50. The lowest BCUT2D eigenvalue weighted by Gasteiger charge is -2.19. The summed E-state index contributed by atoms with van der Waals surface area (Å²) in [7, 11) is 0. The predicted octanol–water partition coefficient (Wildman–Crippen LogP) is 4.56. The highest BCUT2D eigenvalue weighted by molar-refractivity contribution is 6.07. The fraction of sp³-hybridized carbons (Fsp3) is 0.417. The topological polar surface area (TPSA) is 70.2 Å². The van der Waals surface area contributed by atoms with Crippen LogP contribution < -0.4 is 16.0 Å². The first kappa shape index (κ1) is 21.1. The molecule has 5 heteroatoms. The molecule has 3 rings (SSSR count). The van der Waals surface area contributed by atoms with E-state index in [9.17, 15) is 9.59 Å². The first-order valence-corrected chi connectivity index (χ1v) is 10.3. The van der Waals surface area contributed by atoms with Crippen molar-refractivity contribution in [2.75, 3.05) is 23.7 Å². The molecule has 1 aliphatic heterocycles. The van der Waals surface area contributed by atoms with Gasteiger partial charge in [0.25, 0.3) is 5.91 Å². The molecule has 1 unspecified atom stereocenters. The van der Waals surface area contributed by atoms with Crippen LogP contribution in [0.1, 0.15) is 56.0 Å². The van der Waals surface area contributed by atoms with Gasteiger partial charge in [0.05, 0.1) is 11.4 Å². The molecule has 1 heterocycles. The van der Waals surface area contributed by atoms with Gasteiger partial charge in [0.1, 0.15) is 0 Å². The van der Waals surface area contributed by atoms with Crippen LogP contribution in [0, 0.1) is 5.92 Å². The zero-order valence-corrected chi connectivity index (χ0v) is 17.5. The van der Waals surface area contributed by atoms with E-state index in [0.29, 0.717) is 29.3 Å². The monoisotopic (exact) mass is 393 g/mol. The summed E-state index contributed by atoms with van der Waals surface area (Å²) < 4.78 is 0. The number of para-hydroxylation sites is 2. The average molecular weight is 394 g/mol. The van der Waals surface area contributed by atoms with Gasteiger partial charge in [0.15, 0.2) is 0 Å². The second-order valence-corrected chi connectivity index (χ2v) is 8.77. The van der Waals surface area contributed by atoms with Crippen molar-refractivity contribution < 1.29 is 9.59 Å². The Hall–Kier alpha value is -2.66. The summed E-state index contributed by atoms with van der Waals surface area (Å²) in [5.74, 6) is 0.365. The van der Waals surface area contributed by atoms with Crippen LogP contribution in [0.25, 0.3) is 0 Å². The lowest BCUT2D eigenvalue weighted by Crippen LogP contribution is -2.18. The van der Waals surface area contributed by atoms with E-state index < -0.39 is 0 Å². The molecule has 0 bridgehead atoms. The number of carbonyl (C=O) groups is 2. The molecular formula is C24H31N3O2. The zero-order chi connectivity index (χ0) is 20.9. The van der Waals surface area contributed by atoms with Crippen LogP contribution >= 0.6 is 0 Å². The molecule has 1 atom stereocenters. The fourth-order valence-electron chi connectivity index (χ4n) is 3.53. The highest BCUT2D eigenvalue weighted by Gasteiger charge is 2.17. The SMILES string of the molecule is CC(C)(C)c1ccc(C(=O)Nc2ccccc2NC(=O)CCC2CCNC2)cc1. The molecule has 3 N–H and O–H groups in total. The van der Waals surface area contributed by atoms with Gasteiger partial charge in [-0.2, -0.15) is 0 Å². The number of anilines is 2. The van der Waals surface area contributed by atoms with E-state index >= 15 is 0 Å². The van der Waals surface area contributed by atoms with Gasteiger partial charge in [-0.1, -0.05) is 45.0 Å². The molecule has 2 amide bonds. The summed E-state index contributed by atoms with van der Waals surface area (Å²) in [5.41, 5.74) is 3.04. The minimum atomic E-state index is -0.191. The van der Waals surface area contributed by atoms with Gasteiger partial charge in [-0.3, -0.25) is 9.59 Å². The molecule has 1 aliphatic rings. The van der Waals surface area contributed by atoms with E-state index in [4.69, 9.17) is 0 Å². The van der Waals surface area contributed by atoms with Crippen molar-refractivity contribution in [1.29, 1.82) is 0 Å². The lowest BCUT2D eigenvalue weighted by molar-refractivity contribution is -0.116. The molecule has 1 saturated heterocycles. The minimum Gasteiger partial charge on any atom is -0.324 e. The van der Waals surface area contributed by atoms with E-state index in [0.717, 1.165) is 25.9 Å². The van der Waals surface area contributed by atoms with Crippen molar-refractivity contribution in [1.82, 2.24) is 5.32 Å². The minimum absolute atomic E-state index is 0.0203. The molecule has 0 aromatic heterocycles. The maximum absolute atomic E-state index is 12.7. The van der Waals surface area contributed by atoms with Crippen molar-refractivity contribution >= 4 is 23.2 Å². The molecule has 0 saturated carbocycles. The first-order chi connectivity index (χ1) is 13.8. The van der Waals surface area contributed by atoms with E-state index in [1.54, 1.807) is 6.07 Å². The number of amides is 2. The van der Waals surface area contributed by atoms with Crippen molar-refractivity contribution in [3.05, 3.63) is 59.7 Å². The third kappa shape index (κ3) is 5.91. The first-order valence-electron chi connectivity index (χ1n) is 10.3. The van der Waals surface area contributed by atoms with Crippen molar-refractivity contribution in [3.63, 3.8) is 0 Å². The van der Waals surface area contributed by atoms with E-state index in [2.05, 4.69) is 36.7 Å². The smallest absolute Gasteiger partial charge is 0.255 e. The van der Waals surface area contributed by atoms with Crippen LogP contribution in [-0.4, -0.2) is 24.9 Å². The van der Waals surface area contributed by atoms with Gasteiger partial charge in [-0.05, 0) is 67.1 Å². The molecule has 5 nitrogen and oxygen atoms in total. The van der Waals surface area contributed by atoms with E-state index in [1.165, 1.54) is 5.56 Å². The quantitative estimate of drug-likeness (QED) is 0.673. The van der Waals surface area contributed by atoms with Crippen LogP contribution in [-0.2, 0) is 10.2 Å². The van der Waals surface area contributed by atoms with Gasteiger partial charge >= 0.3 is 0 Å². The number of benzene rings is 2. The van der Waals surface area contributed by atoms with Crippen molar-refractivity contribution in [3.8, 4) is 0 Å². The van der Waals surface area contributed by atoms with Crippen LogP contribution in [0.3, 0.4) is 0 Å². The van der Waals surface area contributed by atoms with Gasteiger partial charge in [-0.15, -0.1) is 0 Å². The van der Waals surface area contributed by atoms with Crippen LogP contribution in [0.15, 0.2) is 48.5 Å². The number of nitrogens with one attached hydrogen (secondary N) is 3. The Morgan fingerprint density at radius 1 is 1.00 bits per heavy atom. The Morgan fingerprint density at radius 2 is 1.66 bits per heavy atom. The lowest BCUT2D eigenvalue weighted by atomic mass is 9.87. The second kappa shape index (κ2) is 9.23. The Kier molecular flexibility index (Phi) is 6.70. The molecule has 0 spiro atoms. The molecule has 0 radical (unpaired) electrons. The third-order valence-electron chi connectivity index (χ3n) is 5.40. The van der Waals surface area contributed by atoms with Gasteiger partial charge < -0.3 is 16.0 Å². The number of rotatable bonds is 6. The normalized spacial score (nSPS) is 16.4. The Balaban J connectivity index is 1.62. The molecule has 154 valence electrons. The molecular weight excluding hydrogens is 362 g/mol. The number of carbonyl (C=O) groups excluding carboxylic acids is 2. The second-order valence-electron chi connectivity index (χ2n) is 8.77. The fourth-order valence-corrected chi connectivity index (χ4v) is 3.53. The number of hydrogen-bond donors (Lipinski definition) is 3. The average Bonchev–Trinajstić information content (AvgIpc) is 3.21. The highest BCUT2D eigenvalue weighted by atomic mass is 16.2. The summed E-state index contributed by atoms with van der Waals surface area (Å²) in [5, 5.41) is 9.19. The standard InChI is InChI=1S/C24H31N3O2/c1-24(2,3)19-11-9-18(10-12-19)23(29)27-21-7-5-4-6-20(21)26-22(28)13-8-17-14-15-25-16-17/h4-7,9-12,17,25H,8,13-16H2,1-3H3,(H,26,28)(H,27,29). The van der Waals surface area contributed by atoms with Crippen molar-refractivity contribution in [2.45, 2.75) is 45.4 Å². The van der Waals surface area contributed by atoms with Crippen molar-refractivity contribution in [2.24, 2.45) is 5.92 Å². The maximum Gasteiger partial charge on any atom is 0.255 e. The Bertz CT molecular complexity index is 847. The predicted molar refractivity (Wildman–Crippen MR) is 118 cm³/mol. The molecule has 1 fully saturated rings. The molecule has 29 heavy (non-hydrogen) atoms. The third-order valence-corrected chi connectivity index (χ3v) is 5.40. The summed E-state index contributed by atoms with van der Waals surface area (Å²) in [6.45, 7) is 8.46. The molecule has 2 aromatic rings. The van der Waals surface area contributed by atoms with Gasteiger partial charge in [-0.25, -0.2) is 0 Å². The zero-order valence-electron chi connectivity index (χ0n) is 17.5.